The van der Waals surface area contributed by atoms with Gasteiger partial charge in [0.2, 0.25) is 17.7 Å². The highest BCUT2D eigenvalue weighted by Gasteiger charge is 2.50. The third-order valence-corrected chi connectivity index (χ3v) is 13.6. The number of H-pyrrole nitrogens is 2. The number of aliphatic hydroxyl groups is 3. The number of carbonyl (C=O) groups is 1. The Kier molecular flexibility index (Phi) is 12.8. The van der Waals surface area contributed by atoms with Crippen molar-refractivity contribution in [1.29, 1.82) is 0 Å². The Morgan fingerprint density at radius 1 is 0.951 bits per heavy atom. The number of phosphoric ester groups is 2. The molecule has 0 aromatic carbocycles. The van der Waals surface area contributed by atoms with Crippen molar-refractivity contribution in [2.45, 2.75) is 68.0 Å². The number of nitrogen functional groups attached to an aromatic ring is 2. The molecule has 0 bridgehead atoms. The van der Waals surface area contributed by atoms with Crippen LogP contribution in [0.5, 0.6) is 0 Å². The van der Waals surface area contributed by atoms with E-state index in [1.807, 2.05) is 0 Å². The smallest absolute Gasteiger partial charge is 0.313 e. The number of nitrogens with zero attached hydrogens (tertiary/aromatic N) is 7. The van der Waals surface area contributed by atoms with Crippen LogP contribution in [0, 0.1) is 0 Å². The number of hydrogen-bond donors (Lipinski definition) is 7. The fraction of sp³-hybridized carbons (Fsp3) is 0.593. The number of nitrogens with two attached hydrogens (primary N) is 2. The number of rotatable bonds is 17. The zero-order valence-electron chi connectivity index (χ0n) is 31.1. The average Bonchev–Trinajstić information content (AvgIpc) is 3.98. The Balaban J connectivity index is 0.980. The Hall–Kier alpha value is -3.94. The van der Waals surface area contributed by atoms with Gasteiger partial charge < -0.3 is 69.5 Å². The van der Waals surface area contributed by atoms with Gasteiger partial charge in [-0.05, 0) is 12.8 Å². The number of hydrogen-bond acceptors (Lipinski definition) is 26. The maximum absolute atomic E-state index is 12.7. The molecule has 34 heteroatoms. The van der Waals surface area contributed by atoms with Crippen LogP contribution in [0.15, 0.2) is 22.2 Å². The quantitative estimate of drug-likeness (QED) is 0.0224. The van der Waals surface area contributed by atoms with Crippen molar-refractivity contribution in [2.24, 2.45) is 7.05 Å². The number of ether oxygens (including phenoxy) is 3. The van der Waals surface area contributed by atoms with E-state index in [1.54, 1.807) is 0 Å². The molecule has 7 heterocycles. The molecule has 0 saturated carbocycles. The van der Waals surface area contributed by atoms with E-state index >= 15 is 0 Å². The molecule has 5 unspecified atom stereocenters. The number of fused-ring (bicyclic) bond motifs is 2. The van der Waals surface area contributed by atoms with Crippen molar-refractivity contribution < 1.29 is 89.8 Å². The Morgan fingerprint density at radius 2 is 1.59 bits per heavy atom. The van der Waals surface area contributed by atoms with E-state index in [2.05, 4.69) is 42.6 Å². The van der Waals surface area contributed by atoms with E-state index in [9.17, 15) is 58.1 Å². The number of anilines is 2. The summed E-state index contributed by atoms with van der Waals surface area (Å²) < 4.78 is 75.1. The minimum absolute atomic E-state index is 0.00417. The first kappa shape index (κ1) is 45.1. The number of aromatic amines is 2. The third-order valence-electron chi connectivity index (χ3n) is 9.52. The molecule has 31 nitrogen and oxygen atoms in total. The molecule has 3 aliphatic heterocycles. The van der Waals surface area contributed by atoms with Crippen LogP contribution in [0.3, 0.4) is 0 Å². The first-order valence-electron chi connectivity index (χ1n) is 17.6. The van der Waals surface area contributed by atoms with E-state index < -0.39 is 110 Å². The van der Waals surface area contributed by atoms with Gasteiger partial charge in [-0.2, -0.15) is 10.0 Å². The molecule has 12 atom stereocenters. The average molecular weight is 928 g/mol. The summed E-state index contributed by atoms with van der Waals surface area (Å²) in [6.07, 6.45) is -9.15. The lowest BCUT2D eigenvalue weighted by Crippen LogP contribution is -2.48. The summed E-state index contributed by atoms with van der Waals surface area (Å²) in [5.74, 6) is -0.632. The lowest BCUT2D eigenvalue weighted by atomic mass is 10.1. The summed E-state index contributed by atoms with van der Waals surface area (Å²) in [5.41, 5.74) is 9.41. The molecule has 4 aromatic heterocycles. The highest BCUT2D eigenvalue weighted by Crippen LogP contribution is 2.63. The molecule has 336 valence electrons. The zero-order chi connectivity index (χ0) is 44.2. The van der Waals surface area contributed by atoms with Crippen molar-refractivity contribution in [3.8, 4) is 0 Å². The van der Waals surface area contributed by atoms with Gasteiger partial charge in [0, 0.05) is 6.54 Å². The van der Waals surface area contributed by atoms with Gasteiger partial charge in [-0.25, -0.2) is 18.2 Å². The summed E-state index contributed by atoms with van der Waals surface area (Å²) >= 11 is 0. The highest BCUT2D eigenvalue weighted by molar-refractivity contribution is 7.65. The SMILES string of the molecule is Cn1c[n+]([C@@H]2O[C@H](COP(=O)([O-])OP(=O)([O-])OP(=O)([O-])OC[C@H]3O[C@@H](n4cnc5c(=O)[nH]c(N)nc54)C(O)[C@H]3O)[C@H](O)C2OCON2CCC[C@H]2C=O)c2nc(N)[nH]c(=O)c21. The molecule has 7 rings (SSSR count). The van der Waals surface area contributed by atoms with E-state index in [0.29, 0.717) is 25.7 Å². The molecule has 0 aliphatic carbocycles. The van der Waals surface area contributed by atoms with Crippen LogP contribution >= 0.6 is 23.5 Å². The molecule has 3 fully saturated rings. The predicted octanol–water partition coefficient (Wildman–Crippen LogP) is -5.87. The normalized spacial score (nSPS) is 30.2. The van der Waals surface area contributed by atoms with Crippen molar-refractivity contribution in [3.05, 3.63) is 33.4 Å². The molecule has 9 N–H and O–H groups in total. The second-order valence-electron chi connectivity index (χ2n) is 13.6. The summed E-state index contributed by atoms with van der Waals surface area (Å²) in [5, 5.41) is 33.6. The molecule has 0 radical (unpaired) electrons. The monoisotopic (exact) mass is 927 g/mol. The molecule has 4 aromatic rings. The Morgan fingerprint density at radius 3 is 2.26 bits per heavy atom. The second-order valence-corrected chi connectivity index (χ2v) is 18.1. The number of aryl methyl sites for hydroxylation is 1. The topological polar surface area (TPSA) is 445 Å². The molecule has 0 spiro atoms. The fourth-order valence-corrected chi connectivity index (χ4v) is 10.2. The number of imidazole rings is 2. The molecule has 3 saturated heterocycles. The van der Waals surface area contributed by atoms with Crippen LogP contribution in [-0.4, -0.2) is 130 Å². The van der Waals surface area contributed by atoms with E-state index in [0.717, 1.165) is 10.9 Å². The van der Waals surface area contributed by atoms with Crippen LogP contribution in [0.4, 0.5) is 11.9 Å². The molecular formula is C27H36N11O20P3-2. The molecule has 61 heavy (non-hydrogen) atoms. The Labute approximate surface area is 339 Å². The van der Waals surface area contributed by atoms with Gasteiger partial charge in [-0.3, -0.25) is 47.2 Å². The molecule has 3 aliphatic rings. The number of aliphatic hydroxyl groups excluding tert-OH is 3. The third kappa shape index (κ3) is 9.54. The maximum atomic E-state index is 12.7. The Bertz CT molecular complexity index is 2550. The lowest BCUT2D eigenvalue weighted by molar-refractivity contribution is -0.746. The maximum Gasteiger partial charge on any atom is 0.313 e. The summed E-state index contributed by atoms with van der Waals surface area (Å²) in [6.45, 7) is -2.58. The van der Waals surface area contributed by atoms with Gasteiger partial charge >= 0.3 is 5.65 Å². The van der Waals surface area contributed by atoms with Gasteiger partial charge in [0.15, 0.2) is 30.5 Å². The van der Waals surface area contributed by atoms with Crippen molar-refractivity contribution in [3.63, 3.8) is 0 Å². The van der Waals surface area contributed by atoms with Gasteiger partial charge in [0.05, 0.1) is 32.6 Å². The van der Waals surface area contributed by atoms with E-state index in [1.165, 1.54) is 27.6 Å². The number of hydroxylamine groups is 2. The zero-order valence-corrected chi connectivity index (χ0v) is 33.8. The van der Waals surface area contributed by atoms with Gasteiger partial charge in [-0.1, -0.05) is 4.98 Å². The van der Waals surface area contributed by atoms with Crippen LogP contribution in [0.25, 0.3) is 22.3 Å². The summed E-state index contributed by atoms with van der Waals surface area (Å²) in [4.78, 5) is 95.7. The second kappa shape index (κ2) is 17.3. The van der Waals surface area contributed by atoms with Crippen molar-refractivity contribution in [2.75, 3.05) is 38.0 Å². The van der Waals surface area contributed by atoms with Crippen molar-refractivity contribution in [1.82, 2.24) is 39.1 Å². The van der Waals surface area contributed by atoms with Crippen LogP contribution in [0.1, 0.15) is 25.3 Å². The predicted molar refractivity (Wildman–Crippen MR) is 188 cm³/mol. The van der Waals surface area contributed by atoms with E-state index in [-0.39, 0.29) is 34.2 Å². The van der Waals surface area contributed by atoms with Gasteiger partial charge in [-0.15, -0.1) is 0 Å². The summed E-state index contributed by atoms with van der Waals surface area (Å²) in [7, 11) is -17.1. The van der Waals surface area contributed by atoms with E-state index in [4.69, 9.17) is 30.5 Å². The first-order valence-corrected chi connectivity index (χ1v) is 22.0. The number of phosphoric acid groups is 3. The number of carbonyl (C=O) groups excluding carboxylic acids is 1. The minimum Gasteiger partial charge on any atom is -0.756 e. The summed E-state index contributed by atoms with van der Waals surface area (Å²) in [6, 6.07) is -0.564. The van der Waals surface area contributed by atoms with Crippen LogP contribution in [-0.2, 0) is 62.3 Å². The molecular weight excluding hydrogens is 891 g/mol. The number of aromatic nitrogens is 8. The standard InChI is InChI=1S/C27H38N11O20P3/c1-35-9-37(21-15(35)23(44)34-27(29)32-21)25-19(51-10-52-38-4-2-3-11(38)5-39)17(41)13(56-25)7-54-60(47,48)58-61(49,50)57-59(45,46)53-6-12-16(40)18(42)24(55-12)36-8-30-14-20(36)31-26(28)33-22(14)43/h5,8-9,11-13,16-19,24-25,40-42H,2-4,6-7,10H2,1H3,(H8-,28,29,31,32,33,34,43,44,45,46,47,48,49,50)/p-2/t11-,12+,13+,16-,17-,18?,19?,24+,25+/m0/s1. The fourth-order valence-electron chi connectivity index (χ4n) is 6.82. The van der Waals surface area contributed by atoms with Crippen molar-refractivity contribution >= 4 is 64.0 Å². The number of nitrogens with one attached hydrogen (secondary N) is 2. The van der Waals surface area contributed by atoms with Crippen LogP contribution in [0.2, 0.25) is 0 Å². The largest absolute Gasteiger partial charge is 0.756 e. The minimum atomic E-state index is -6.43. The molecule has 0 amide bonds. The first-order chi connectivity index (χ1) is 28.7. The highest BCUT2D eigenvalue weighted by atomic mass is 31.3. The van der Waals surface area contributed by atoms with Gasteiger partial charge in [0.1, 0.15) is 42.9 Å². The number of aldehydes is 1. The van der Waals surface area contributed by atoms with Crippen LogP contribution < -0.4 is 41.8 Å². The van der Waals surface area contributed by atoms with Gasteiger partial charge in [0.25, 0.3) is 40.5 Å². The lowest BCUT2D eigenvalue weighted by Gasteiger charge is -2.34.